The molecule has 2 fully saturated rings. The van der Waals surface area contributed by atoms with Crippen LogP contribution in [-0.2, 0) is 14.4 Å². The molecule has 1 amide bonds. The molecule has 2 unspecified atom stereocenters. The first-order valence-corrected chi connectivity index (χ1v) is 4.37. The third-order valence-corrected chi connectivity index (χ3v) is 2.42. The van der Waals surface area contributed by atoms with E-state index >= 15 is 0 Å². The summed E-state index contributed by atoms with van der Waals surface area (Å²) in [4.78, 5) is 27.0. The molecule has 5 heteroatoms. The van der Waals surface area contributed by atoms with Crippen molar-refractivity contribution >= 4 is 11.9 Å². The number of rotatable bonds is 2. The molecule has 0 radical (unpaired) electrons. The second kappa shape index (κ2) is 2.99. The minimum absolute atomic E-state index is 0.162. The van der Waals surface area contributed by atoms with E-state index in [1.54, 1.807) is 0 Å². The maximum atomic E-state index is 11.5. The molecular formula is C8H11NO4. The fourth-order valence-electron chi connectivity index (χ4n) is 1.55. The number of aliphatic carboxylic acids is 1. The van der Waals surface area contributed by atoms with E-state index in [-0.39, 0.29) is 11.8 Å². The van der Waals surface area contributed by atoms with Gasteiger partial charge in [0.25, 0.3) is 0 Å². The Hall–Kier alpha value is -1.10. The van der Waals surface area contributed by atoms with Gasteiger partial charge in [0.2, 0.25) is 5.91 Å². The van der Waals surface area contributed by atoms with Gasteiger partial charge in [0.15, 0.2) is 0 Å². The molecular weight excluding hydrogens is 174 g/mol. The van der Waals surface area contributed by atoms with Crippen LogP contribution in [-0.4, -0.2) is 35.2 Å². The summed E-state index contributed by atoms with van der Waals surface area (Å²) in [5, 5.41) is 9.90. The first-order chi connectivity index (χ1) is 6.20. The zero-order valence-electron chi connectivity index (χ0n) is 7.10. The van der Waals surface area contributed by atoms with Crippen LogP contribution in [0.4, 0.5) is 0 Å². The molecule has 1 aliphatic heterocycles. The van der Waals surface area contributed by atoms with Crippen molar-refractivity contribution in [3.63, 3.8) is 0 Å². The highest BCUT2D eigenvalue weighted by molar-refractivity contribution is 5.89. The third-order valence-electron chi connectivity index (χ3n) is 2.42. The highest BCUT2D eigenvalue weighted by Crippen LogP contribution is 2.40. The largest absolute Gasteiger partial charge is 0.481 e. The van der Waals surface area contributed by atoms with Gasteiger partial charge in [-0.05, 0) is 12.8 Å². The number of carbonyl (C=O) groups excluding carboxylic acids is 1. The second-order valence-corrected chi connectivity index (χ2v) is 3.41. The van der Waals surface area contributed by atoms with Crippen molar-refractivity contribution in [1.82, 2.24) is 5.06 Å². The van der Waals surface area contributed by atoms with Gasteiger partial charge in [0, 0.05) is 0 Å². The van der Waals surface area contributed by atoms with Gasteiger partial charge in [-0.25, -0.2) is 5.06 Å². The average Bonchev–Trinajstić information content (AvgIpc) is 2.72. The summed E-state index contributed by atoms with van der Waals surface area (Å²) in [6.07, 6.45) is 1.31. The van der Waals surface area contributed by atoms with Gasteiger partial charge in [-0.15, -0.1) is 0 Å². The lowest BCUT2D eigenvalue weighted by molar-refractivity contribution is -0.171. The Bertz CT molecular complexity index is 247. The number of carbonyl (C=O) groups is 2. The van der Waals surface area contributed by atoms with E-state index in [1.165, 1.54) is 5.06 Å². The van der Waals surface area contributed by atoms with Crippen LogP contribution in [0.5, 0.6) is 0 Å². The van der Waals surface area contributed by atoms with E-state index in [9.17, 15) is 9.59 Å². The number of carboxylic acid groups (broad SMARTS) is 1. The Morgan fingerprint density at radius 2 is 2.15 bits per heavy atom. The minimum Gasteiger partial charge on any atom is -0.481 e. The fourth-order valence-corrected chi connectivity index (χ4v) is 1.55. The number of hydrogen-bond acceptors (Lipinski definition) is 3. The lowest BCUT2D eigenvalue weighted by Gasteiger charge is -2.12. The molecule has 5 nitrogen and oxygen atoms in total. The van der Waals surface area contributed by atoms with Crippen molar-refractivity contribution in [3.8, 4) is 0 Å². The number of nitrogens with zero attached hydrogens (tertiary/aromatic N) is 1. The monoisotopic (exact) mass is 185 g/mol. The zero-order valence-corrected chi connectivity index (χ0v) is 7.10. The predicted octanol–water partition coefficient (Wildman–Crippen LogP) is -0.129. The number of carboxylic acids is 1. The van der Waals surface area contributed by atoms with Crippen molar-refractivity contribution < 1.29 is 19.5 Å². The number of hydroxylamine groups is 2. The summed E-state index contributed by atoms with van der Waals surface area (Å²) in [6.45, 7) is 1.16. The van der Waals surface area contributed by atoms with Crippen LogP contribution in [0, 0.1) is 11.8 Å². The van der Waals surface area contributed by atoms with E-state index in [4.69, 9.17) is 9.94 Å². The molecule has 1 saturated carbocycles. The van der Waals surface area contributed by atoms with Crippen LogP contribution in [0.3, 0.4) is 0 Å². The van der Waals surface area contributed by atoms with Crippen molar-refractivity contribution in [2.45, 2.75) is 12.8 Å². The highest BCUT2D eigenvalue weighted by Gasteiger charge is 2.50. The van der Waals surface area contributed by atoms with Gasteiger partial charge in [0.05, 0.1) is 25.0 Å². The molecule has 1 aliphatic carbocycles. The van der Waals surface area contributed by atoms with Gasteiger partial charge in [-0.1, -0.05) is 0 Å². The van der Waals surface area contributed by atoms with Crippen LogP contribution in [0.15, 0.2) is 0 Å². The van der Waals surface area contributed by atoms with E-state index in [2.05, 4.69) is 0 Å². The van der Waals surface area contributed by atoms with E-state index in [0.717, 1.165) is 6.42 Å². The van der Waals surface area contributed by atoms with Gasteiger partial charge < -0.3 is 5.11 Å². The standard InChI is InChI=1S/C8H11NO4/c10-7(9-2-1-3-13-9)5-4-6(5)8(11)12/h5-6H,1-4H2,(H,11,12). The minimum atomic E-state index is -0.877. The lowest BCUT2D eigenvalue weighted by Crippen LogP contribution is -2.29. The van der Waals surface area contributed by atoms with Crippen molar-refractivity contribution in [1.29, 1.82) is 0 Å². The summed E-state index contributed by atoms with van der Waals surface area (Å²) < 4.78 is 0. The summed E-state index contributed by atoms with van der Waals surface area (Å²) >= 11 is 0. The smallest absolute Gasteiger partial charge is 0.307 e. The SMILES string of the molecule is O=C(O)C1CC1C(=O)N1CCCO1. The van der Waals surface area contributed by atoms with Crippen molar-refractivity contribution in [2.75, 3.05) is 13.2 Å². The summed E-state index contributed by atoms with van der Waals surface area (Å²) in [7, 11) is 0. The van der Waals surface area contributed by atoms with Crippen LogP contribution in [0.1, 0.15) is 12.8 Å². The van der Waals surface area contributed by atoms with Gasteiger partial charge in [-0.3, -0.25) is 14.4 Å². The van der Waals surface area contributed by atoms with Crippen LogP contribution < -0.4 is 0 Å². The quantitative estimate of drug-likeness (QED) is 0.650. The first kappa shape index (κ1) is 8.50. The molecule has 2 aliphatic rings. The first-order valence-electron chi connectivity index (χ1n) is 4.37. The van der Waals surface area contributed by atoms with Crippen LogP contribution in [0.25, 0.3) is 0 Å². The molecule has 0 spiro atoms. The maximum Gasteiger partial charge on any atom is 0.307 e. The topological polar surface area (TPSA) is 66.8 Å². The molecule has 72 valence electrons. The van der Waals surface area contributed by atoms with Gasteiger partial charge >= 0.3 is 5.97 Å². The Morgan fingerprint density at radius 1 is 1.38 bits per heavy atom. The molecule has 0 aromatic carbocycles. The summed E-state index contributed by atoms with van der Waals surface area (Å²) in [5.41, 5.74) is 0. The third kappa shape index (κ3) is 1.51. The number of amides is 1. The van der Waals surface area contributed by atoms with Crippen molar-refractivity contribution in [2.24, 2.45) is 11.8 Å². The Balaban J connectivity index is 1.89. The number of hydrogen-bond donors (Lipinski definition) is 1. The van der Waals surface area contributed by atoms with Gasteiger partial charge in [0.1, 0.15) is 0 Å². The zero-order chi connectivity index (χ0) is 9.42. The molecule has 0 bridgehead atoms. The molecule has 1 saturated heterocycles. The molecule has 1 heterocycles. The van der Waals surface area contributed by atoms with E-state index in [1.807, 2.05) is 0 Å². The molecule has 2 atom stereocenters. The summed E-state index contributed by atoms with van der Waals surface area (Å²) in [5.74, 6) is -1.85. The fraction of sp³-hybridized carbons (Fsp3) is 0.750. The Labute approximate surface area is 75.2 Å². The summed E-state index contributed by atoms with van der Waals surface area (Å²) in [6, 6.07) is 0. The predicted molar refractivity (Wildman–Crippen MR) is 41.5 cm³/mol. The Kier molecular flexibility index (Phi) is 1.95. The van der Waals surface area contributed by atoms with Crippen molar-refractivity contribution in [3.05, 3.63) is 0 Å². The van der Waals surface area contributed by atoms with E-state index < -0.39 is 11.9 Å². The molecule has 1 N–H and O–H groups in total. The Morgan fingerprint density at radius 3 is 2.62 bits per heavy atom. The normalized spacial score (nSPS) is 31.8. The molecule has 13 heavy (non-hydrogen) atoms. The average molecular weight is 185 g/mol. The highest BCUT2D eigenvalue weighted by atomic mass is 16.7. The van der Waals surface area contributed by atoms with E-state index in [0.29, 0.717) is 19.6 Å². The molecule has 0 aromatic heterocycles. The van der Waals surface area contributed by atoms with Gasteiger partial charge in [-0.2, -0.15) is 0 Å². The lowest BCUT2D eigenvalue weighted by atomic mass is 10.3. The van der Waals surface area contributed by atoms with Crippen LogP contribution in [0.2, 0.25) is 0 Å². The maximum absolute atomic E-state index is 11.5. The van der Waals surface area contributed by atoms with Crippen LogP contribution >= 0.6 is 0 Å². The molecule has 2 rings (SSSR count). The molecule has 0 aromatic rings. The second-order valence-electron chi connectivity index (χ2n) is 3.41.